The smallest absolute Gasteiger partial charge is 0.245 e. The number of hydrogen-bond donors (Lipinski definition) is 1. The first-order valence-electron chi connectivity index (χ1n) is 8.49. The van der Waals surface area contributed by atoms with E-state index >= 15 is 0 Å². The molecule has 0 saturated heterocycles. The number of halogens is 1. The van der Waals surface area contributed by atoms with E-state index in [9.17, 15) is 4.39 Å². The molecule has 0 fully saturated rings. The molecule has 2 aromatic heterocycles. The van der Waals surface area contributed by atoms with E-state index < -0.39 is 0 Å². The second-order valence-electron chi connectivity index (χ2n) is 5.97. The first-order chi connectivity index (χ1) is 13.2. The van der Waals surface area contributed by atoms with E-state index in [-0.39, 0.29) is 5.82 Å². The molecule has 4 aromatic rings. The Kier molecular flexibility index (Phi) is 4.61. The van der Waals surface area contributed by atoms with E-state index in [1.807, 2.05) is 42.5 Å². The fraction of sp³-hybridized carbons (Fsp3) is 0.0952. The summed E-state index contributed by atoms with van der Waals surface area (Å²) in [5.41, 5.74) is 3.87. The quantitative estimate of drug-likeness (QED) is 0.570. The third-order valence-corrected chi connectivity index (χ3v) is 4.14. The van der Waals surface area contributed by atoms with Gasteiger partial charge in [0.2, 0.25) is 11.8 Å². The highest BCUT2D eigenvalue weighted by atomic mass is 19.1. The van der Waals surface area contributed by atoms with Crippen LogP contribution in [0.15, 0.2) is 66.7 Å². The number of nitrogens with zero attached hydrogens (tertiary/aromatic N) is 3. The van der Waals surface area contributed by atoms with Crippen LogP contribution in [-0.4, -0.2) is 22.1 Å². The zero-order valence-corrected chi connectivity index (χ0v) is 14.7. The maximum atomic E-state index is 13.1. The maximum Gasteiger partial charge on any atom is 0.245 e. The maximum absolute atomic E-state index is 13.1. The lowest BCUT2D eigenvalue weighted by Gasteiger charge is -2.10. The number of anilines is 1. The highest BCUT2D eigenvalue weighted by Crippen LogP contribution is 2.26. The van der Waals surface area contributed by atoms with Crippen LogP contribution in [0.1, 0.15) is 5.56 Å². The average Bonchev–Trinajstić information content (AvgIpc) is 2.72. The molecule has 0 amide bonds. The van der Waals surface area contributed by atoms with Crippen molar-refractivity contribution in [3.8, 4) is 17.1 Å². The van der Waals surface area contributed by atoms with Crippen LogP contribution in [0.25, 0.3) is 22.3 Å². The van der Waals surface area contributed by atoms with Crippen molar-refractivity contribution < 1.29 is 9.13 Å². The third kappa shape index (κ3) is 3.69. The highest BCUT2D eigenvalue weighted by molar-refractivity contribution is 5.83. The Labute approximate surface area is 155 Å². The summed E-state index contributed by atoms with van der Waals surface area (Å²) in [5, 5.41) is 3.21. The monoisotopic (exact) mass is 360 g/mol. The number of rotatable bonds is 5. The van der Waals surface area contributed by atoms with Gasteiger partial charge in [0.25, 0.3) is 0 Å². The fourth-order valence-electron chi connectivity index (χ4n) is 2.77. The number of fused-ring (bicyclic) bond motifs is 1. The van der Waals surface area contributed by atoms with Gasteiger partial charge in [-0.05, 0) is 42.0 Å². The molecule has 2 heterocycles. The van der Waals surface area contributed by atoms with Crippen LogP contribution in [0, 0.1) is 5.82 Å². The summed E-state index contributed by atoms with van der Waals surface area (Å²) in [4.78, 5) is 13.5. The van der Waals surface area contributed by atoms with Crippen molar-refractivity contribution in [1.82, 2.24) is 15.0 Å². The molecule has 0 saturated carbocycles. The summed E-state index contributed by atoms with van der Waals surface area (Å²) in [5.74, 6) is 0.577. The molecular formula is C21H17FN4O. The lowest BCUT2D eigenvalue weighted by molar-refractivity contribution is 0.402. The van der Waals surface area contributed by atoms with Crippen LogP contribution in [0.3, 0.4) is 0 Å². The molecule has 2 aromatic carbocycles. The zero-order valence-electron chi connectivity index (χ0n) is 14.7. The van der Waals surface area contributed by atoms with E-state index in [4.69, 9.17) is 4.74 Å². The van der Waals surface area contributed by atoms with Crippen LogP contribution in [0.2, 0.25) is 0 Å². The molecule has 0 aliphatic carbocycles. The van der Waals surface area contributed by atoms with Gasteiger partial charge in [-0.1, -0.05) is 30.3 Å². The standard InChI is InChI=1S/C21H17FN4O/c1-27-20-19-18(12-11-17(24-19)15-7-9-16(22)10-8-15)25-21(26-20)23-13-14-5-3-2-4-6-14/h2-12H,13H2,1H3,(H,23,25,26). The number of nitrogens with one attached hydrogen (secondary N) is 1. The third-order valence-electron chi connectivity index (χ3n) is 4.14. The Morgan fingerprint density at radius 3 is 2.41 bits per heavy atom. The van der Waals surface area contributed by atoms with Gasteiger partial charge in [-0.15, -0.1) is 0 Å². The van der Waals surface area contributed by atoms with Gasteiger partial charge in [-0.2, -0.15) is 4.98 Å². The predicted molar refractivity (Wildman–Crippen MR) is 103 cm³/mol. The molecule has 0 aliphatic heterocycles. The molecule has 134 valence electrons. The fourth-order valence-corrected chi connectivity index (χ4v) is 2.77. The lowest BCUT2D eigenvalue weighted by Crippen LogP contribution is -2.05. The van der Waals surface area contributed by atoms with E-state index in [1.54, 1.807) is 19.2 Å². The Morgan fingerprint density at radius 2 is 1.67 bits per heavy atom. The van der Waals surface area contributed by atoms with Crippen LogP contribution in [0.5, 0.6) is 5.88 Å². The van der Waals surface area contributed by atoms with E-state index in [0.717, 1.165) is 11.1 Å². The van der Waals surface area contributed by atoms with Gasteiger partial charge in [0, 0.05) is 12.1 Å². The van der Waals surface area contributed by atoms with Gasteiger partial charge in [0.05, 0.1) is 18.3 Å². The molecular weight excluding hydrogens is 343 g/mol. The van der Waals surface area contributed by atoms with Gasteiger partial charge in [0.15, 0.2) is 5.52 Å². The van der Waals surface area contributed by atoms with Crippen LogP contribution in [0.4, 0.5) is 10.3 Å². The Morgan fingerprint density at radius 1 is 0.889 bits per heavy atom. The first kappa shape index (κ1) is 16.9. The molecule has 0 bridgehead atoms. The minimum Gasteiger partial charge on any atom is -0.479 e. The van der Waals surface area contributed by atoms with E-state index in [0.29, 0.717) is 35.1 Å². The molecule has 0 aliphatic rings. The normalized spacial score (nSPS) is 10.7. The molecule has 6 heteroatoms. The van der Waals surface area contributed by atoms with E-state index in [2.05, 4.69) is 20.3 Å². The molecule has 27 heavy (non-hydrogen) atoms. The topological polar surface area (TPSA) is 59.9 Å². The lowest BCUT2D eigenvalue weighted by atomic mass is 10.1. The van der Waals surface area contributed by atoms with Crippen molar-refractivity contribution in [2.75, 3.05) is 12.4 Å². The summed E-state index contributed by atoms with van der Waals surface area (Å²) >= 11 is 0. The number of methoxy groups -OCH3 is 1. The van der Waals surface area contributed by atoms with Gasteiger partial charge in [-0.3, -0.25) is 0 Å². The van der Waals surface area contributed by atoms with Crippen molar-refractivity contribution in [3.63, 3.8) is 0 Å². The summed E-state index contributed by atoms with van der Waals surface area (Å²) in [6.45, 7) is 0.608. The van der Waals surface area contributed by atoms with E-state index in [1.165, 1.54) is 12.1 Å². The highest BCUT2D eigenvalue weighted by Gasteiger charge is 2.11. The summed E-state index contributed by atoms with van der Waals surface area (Å²) < 4.78 is 18.6. The largest absolute Gasteiger partial charge is 0.479 e. The molecule has 0 unspecified atom stereocenters. The van der Waals surface area contributed by atoms with Crippen molar-refractivity contribution >= 4 is 17.0 Å². The van der Waals surface area contributed by atoms with Crippen LogP contribution >= 0.6 is 0 Å². The second kappa shape index (κ2) is 7.37. The molecule has 0 atom stereocenters. The number of ether oxygens (including phenoxy) is 1. The second-order valence-corrected chi connectivity index (χ2v) is 5.97. The number of pyridine rings is 1. The SMILES string of the molecule is COc1nc(NCc2ccccc2)nc2ccc(-c3ccc(F)cc3)nc12. The van der Waals surface area contributed by atoms with Crippen LogP contribution in [-0.2, 0) is 6.54 Å². The minimum atomic E-state index is -0.283. The predicted octanol–water partition coefficient (Wildman–Crippen LogP) is 4.45. The average molecular weight is 360 g/mol. The Hall–Kier alpha value is -3.54. The number of aromatic nitrogens is 3. The van der Waals surface area contributed by atoms with Crippen molar-refractivity contribution in [2.24, 2.45) is 0 Å². The van der Waals surface area contributed by atoms with Gasteiger partial charge < -0.3 is 10.1 Å². The summed E-state index contributed by atoms with van der Waals surface area (Å²) in [6, 6.07) is 19.9. The Bertz CT molecular complexity index is 1070. The summed E-state index contributed by atoms with van der Waals surface area (Å²) in [7, 11) is 1.55. The van der Waals surface area contributed by atoms with Gasteiger partial charge >= 0.3 is 0 Å². The van der Waals surface area contributed by atoms with Gasteiger partial charge in [-0.25, -0.2) is 14.4 Å². The van der Waals surface area contributed by atoms with Crippen molar-refractivity contribution in [1.29, 1.82) is 0 Å². The van der Waals surface area contributed by atoms with Crippen molar-refractivity contribution in [2.45, 2.75) is 6.54 Å². The molecule has 0 radical (unpaired) electrons. The molecule has 1 N–H and O–H groups in total. The molecule has 5 nitrogen and oxygen atoms in total. The Balaban J connectivity index is 1.67. The summed E-state index contributed by atoms with van der Waals surface area (Å²) in [6.07, 6.45) is 0. The van der Waals surface area contributed by atoms with Crippen molar-refractivity contribution in [3.05, 3.63) is 78.1 Å². The van der Waals surface area contributed by atoms with Crippen LogP contribution < -0.4 is 10.1 Å². The zero-order chi connectivity index (χ0) is 18.6. The number of hydrogen-bond acceptors (Lipinski definition) is 5. The first-order valence-corrected chi connectivity index (χ1v) is 8.49. The number of benzene rings is 2. The molecule has 0 spiro atoms. The van der Waals surface area contributed by atoms with Gasteiger partial charge in [0.1, 0.15) is 5.82 Å². The minimum absolute atomic E-state index is 0.283. The molecule has 4 rings (SSSR count).